The van der Waals surface area contributed by atoms with Gasteiger partial charge >= 0.3 is 0 Å². The van der Waals surface area contributed by atoms with Crippen LogP contribution < -0.4 is 5.32 Å². The van der Waals surface area contributed by atoms with E-state index in [-0.39, 0.29) is 6.42 Å². The lowest BCUT2D eigenvalue weighted by Gasteiger charge is -2.22. The number of allylic oxidation sites excluding steroid dienone is 1. The van der Waals surface area contributed by atoms with E-state index >= 15 is 0 Å². The molecule has 0 rings (SSSR count). The molecular formula is C46H91NO6S. The van der Waals surface area contributed by atoms with Gasteiger partial charge in [-0.25, -0.2) is 0 Å². The van der Waals surface area contributed by atoms with Crippen LogP contribution in [0, 0.1) is 0 Å². The van der Waals surface area contributed by atoms with Gasteiger partial charge in [0.1, 0.15) is 6.10 Å². The number of hydrogen-bond donors (Lipinski definition) is 4. The third-order valence-corrected chi connectivity index (χ3v) is 11.9. The molecule has 0 radical (unpaired) electrons. The molecule has 4 N–H and O–H groups in total. The van der Waals surface area contributed by atoms with E-state index in [1.165, 1.54) is 192 Å². The standard InChI is InChI=1S/C46H91NO6S/c1-3-5-7-9-11-13-15-17-19-21-23-25-26-28-30-32-34-36-38-40-44(48)43(42-54(51,52)53)47-46(50)45(49)41-39-37-35-33-31-29-27-24-22-20-18-16-14-12-10-8-6-4-2/h38,40,43-45,48-49H,3-37,39,41-42H2,1-2H3,(H,47,50)(H,51,52,53)/b40-38+. The lowest BCUT2D eigenvalue weighted by molar-refractivity contribution is -0.130. The van der Waals surface area contributed by atoms with E-state index in [9.17, 15) is 28.0 Å². The minimum atomic E-state index is -4.44. The second kappa shape index (κ2) is 40.2. The van der Waals surface area contributed by atoms with Crippen LogP contribution in [0.5, 0.6) is 0 Å². The minimum Gasteiger partial charge on any atom is -0.387 e. The van der Waals surface area contributed by atoms with Gasteiger partial charge in [-0.3, -0.25) is 9.35 Å². The van der Waals surface area contributed by atoms with Crippen molar-refractivity contribution >= 4 is 16.0 Å². The van der Waals surface area contributed by atoms with E-state index in [2.05, 4.69) is 19.2 Å². The zero-order chi connectivity index (χ0) is 39.8. The van der Waals surface area contributed by atoms with Crippen LogP contribution in [0.25, 0.3) is 0 Å². The molecule has 0 bridgehead atoms. The van der Waals surface area contributed by atoms with E-state index in [1.807, 2.05) is 6.08 Å². The monoisotopic (exact) mass is 786 g/mol. The molecule has 0 saturated heterocycles. The SMILES string of the molecule is CCCCCCCCCCCCCCCCCCC/C=C/C(O)C(CS(=O)(=O)O)NC(=O)C(O)CCCCCCCCCCCCCCCCCCCC. The molecule has 0 aromatic heterocycles. The third kappa shape index (κ3) is 39.3. The summed E-state index contributed by atoms with van der Waals surface area (Å²) in [4.78, 5) is 12.6. The van der Waals surface area contributed by atoms with E-state index in [1.54, 1.807) is 0 Å². The van der Waals surface area contributed by atoms with E-state index in [0.29, 0.717) is 6.42 Å². The Bertz CT molecular complexity index is 926. The Labute approximate surface area is 335 Å². The summed E-state index contributed by atoms with van der Waals surface area (Å²) < 4.78 is 32.6. The molecule has 0 saturated carbocycles. The van der Waals surface area contributed by atoms with Gasteiger partial charge in [-0.2, -0.15) is 8.42 Å². The quantitative estimate of drug-likeness (QED) is 0.0277. The topological polar surface area (TPSA) is 124 Å². The molecule has 8 heteroatoms. The highest BCUT2D eigenvalue weighted by Crippen LogP contribution is 2.17. The Hall–Kier alpha value is -0.960. The number of carbonyl (C=O) groups excluding carboxylic acids is 1. The zero-order valence-corrected chi connectivity index (χ0v) is 36.5. The van der Waals surface area contributed by atoms with E-state index in [0.717, 1.165) is 38.5 Å². The van der Waals surface area contributed by atoms with Gasteiger partial charge in [0.15, 0.2) is 0 Å². The predicted molar refractivity (Wildman–Crippen MR) is 232 cm³/mol. The maximum absolute atomic E-state index is 12.6. The molecule has 0 aromatic rings. The lowest BCUT2D eigenvalue weighted by Crippen LogP contribution is -2.50. The second-order valence-corrected chi connectivity index (χ2v) is 18.0. The van der Waals surface area contributed by atoms with Gasteiger partial charge < -0.3 is 15.5 Å². The van der Waals surface area contributed by atoms with Gasteiger partial charge in [-0.1, -0.05) is 244 Å². The fourth-order valence-electron chi connectivity index (χ4n) is 7.46. The van der Waals surface area contributed by atoms with Crippen molar-refractivity contribution in [3.63, 3.8) is 0 Å². The molecule has 7 nitrogen and oxygen atoms in total. The predicted octanol–water partition coefficient (Wildman–Crippen LogP) is 13.1. The van der Waals surface area contributed by atoms with Crippen LogP contribution in [0.15, 0.2) is 12.2 Å². The number of amides is 1. The molecule has 0 aromatic carbocycles. The van der Waals surface area contributed by atoms with Crippen molar-refractivity contribution in [1.29, 1.82) is 0 Å². The van der Waals surface area contributed by atoms with Crippen LogP contribution in [-0.4, -0.2) is 53.1 Å². The molecule has 0 aliphatic heterocycles. The first-order valence-corrected chi connectivity index (χ1v) is 25.1. The first-order chi connectivity index (χ1) is 26.2. The summed E-state index contributed by atoms with van der Waals surface area (Å²) in [6, 6.07) is -1.23. The van der Waals surface area contributed by atoms with Crippen molar-refractivity contribution in [1.82, 2.24) is 5.32 Å². The van der Waals surface area contributed by atoms with Crippen molar-refractivity contribution in [2.75, 3.05) is 5.75 Å². The van der Waals surface area contributed by atoms with Gasteiger partial charge in [0.2, 0.25) is 5.91 Å². The van der Waals surface area contributed by atoms with Gasteiger partial charge in [0.25, 0.3) is 10.1 Å². The maximum atomic E-state index is 12.6. The number of carbonyl (C=O) groups is 1. The van der Waals surface area contributed by atoms with Crippen molar-refractivity contribution in [3.05, 3.63) is 12.2 Å². The van der Waals surface area contributed by atoms with Crippen molar-refractivity contribution < 1.29 is 28.0 Å². The third-order valence-electron chi connectivity index (χ3n) is 11.1. The first kappa shape index (κ1) is 53.0. The highest BCUT2D eigenvalue weighted by molar-refractivity contribution is 7.85. The molecule has 3 unspecified atom stereocenters. The van der Waals surface area contributed by atoms with Crippen LogP contribution in [0.1, 0.15) is 251 Å². The van der Waals surface area contributed by atoms with Crippen molar-refractivity contribution in [2.24, 2.45) is 0 Å². The van der Waals surface area contributed by atoms with Crippen LogP contribution in [0.2, 0.25) is 0 Å². The van der Waals surface area contributed by atoms with Gasteiger partial charge in [-0.15, -0.1) is 0 Å². The molecule has 0 aliphatic rings. The fraction of sp³-hybridized carbons (Fsp3) is 0.935. The summed E-state index contributed by atoms with van der Waals surface area (Å²) in [6.07, 6.45) is 47.0. The number of rotatable bonds is 43. The second-order valence-electron chi connectivity index (χ2n) is 16.5. The average Bonchev–Trinajstić information content (AvgIpc) is 3.14. The van der Waals surface area contributed by atoms with Crippen LogP contribution in [-0.2, 0) is 14.9 Å². The summed E-state index contributed by atoms with van der Waals surface area (Å²) in [5, 5.41) is 23.5. The smallest absolute Gasteiger partial charge is 0.267 e. The normalized spacial score (nSPS) is 13.8. The summed E-state index contributed by atoms with van der Waals surface area (Å²) >= 11 is 0. The molecule has 0 fully saturated rings. The van der Waals surface area contributed by atoms with Gasteiger partial charge in [0.05, 0.1) is 17.9 Å². The molecule has 1 amide bonds. The highest BCUT2D eigenvalue weighted by Gasteiger charge is 2.27. The van der Waals surface area contributed by atoms with Crippen LogP contribution >= 0.6 is 0 Å². The zero-order valence-electron chi connectivity index (χ0n) is 35.7. The largest absolute Gasteiger partial charge is 0.387 e. The van der Waals surface area contributed by atoms with Crippen molar-refractivity contribution in [3.8, 4) is 0 Å². The Morgan fingerprint density at radius 1 is 0.500 bits per heavy atom. The minimum absolute atomic E-state index is 0.286. The molecule has 0 aliphatic carbocycles. The lowest BCUT2D eigenvalue weighted by atomic mass is 10.0. The van der Waals surface area contributed by atoms with Gasteiger partial charge in [-0.05, 0) is 19.3 Å². The molecule has 3 atom stereocenters. The Balaban J connectivity index is 3.92. The molecule has 0 spiro atoms. The fourth-order valence-corrected chi connectivity index (χ4v) is 8.19. The number of nitrogens with one attached hydrogen (secondary N) is 1. The Kier molecular flexibility index (Phi) is 39.5. The Morgan fingerprint density at radius 2 is 0.796 bits per heavy atom. The summed E-state index contributed by atoms with van der Waals surface area (Å²) in [5.41, 5.74) is 0. The van der Waals surface area contributed by atoms with E-state index < -0.39 is 40.0 Å². The van der Waals surface area contributed by atoms with E-state index in [4.69, 9.17) is 0 Å². The maximum Gasteiger partial charge on any atom is 0.267 e. The molecule has 0 heterocycles. The summed E-state index contributed by atoms with van der Waals surface area (Å²) in [7, 11) is -4.44. The number of unbranched alkanes of at least 4 members (excludes halogenated alkanes) is 34. The molecule has 322 valence electrons. The average molecular weight is 786 g/mol. The summed E-state index contributed by atoms with van der Waals surface area (Å²) in [6.45, 7) is 4.54. The number of aliphatic hydroxyl groups excluding tert-OH is 2. The van der Waals surface area contributed by atoms with Crippen LogP contribution in [0.3, 0.4) is 0 Å². The molecule has 54 heavy (non-hydrogen) atoms. The summed E-state index contributed by atoms with van der Waals surface area (Å²) in [5.74, 6) is -1.52. The van der Waals surface area contributed by atoms with Gasteiger partial charge in [0, 0.05) is 0 Å². The highest BCUT2D eigenvalue weighted by atomic mass is 32.2. The van der Waals surface area contributed by atoms with Crippen LogP contribution in [0.4, 0.5) is 0 Å². The van der Waals surface area contributed by atoms with Crippen molar-refractivity contribution in [2.45, 2.75) is 270 Å². The number of hydrogen-bond acceptors (Lipinski definition) is 5. The number of aliphatic hydroxyl groups is 2. The molecular weight excluding hydrogens is 695 g/mol. The Morgan fingerprint density at radius 3 is 1.11 bits per heavy atom. The first-order valence-electron chi connectivity index (χ1n) is 23.5.